The normalized spacial score (nSPS) is 11.1. The van der Waals surface area contributed by atoms with Crippen molar-refractivity contribution in [3.63, 3.8) is 0 Å². The standard InChI is InChI=1S/C26H29ClN2O5S2/c1-19-4-6-20(7-5-19)18-35-15-14-28-26(30)17-29(22-10-8-21(27)9-11-22)36(31,32)23-12-13-24(33-2)25(16-23)34-3/h4-13,16H,14-15,17-18H2,1-3H3,(H,28,30). The zero-order valence-corrected chi connectivity index (χ0v) is 22.8. The predicted molar refractivity (Wildman–Crippen MR) is 146 cm³/mol. The van der Waals surface area contributed by atoms with E-state index in [0.717, 1.165) is 10.1 Å². The number of carbonyl (C=O) groups excluding carboxylic acids is 1. The van der Waals surface area contributed by atoms with Gasteiger partial charge >= 0.3 is 0 Å². The van der Waals surface area contributed by atoms with E-state index in [2.05, 4.69) is 29.6 Å². The van der Waals surface area contributed by atoms with Gasteiger partial charge in [0.2, 0.25) is 5.91 Å². The zero-order valence-electron chi connectivity index (χ0n) is 20.4. The Balaban J connectivity index is 1.70. The van der Waals surface area contributed by atoms with Gasteiger partial charge in [-0.3, -0.25) is 9.10 Å². The largest absolute Gasteiger partial charge is 0.493 e. The molecule has 0 bridgehead atoms. The molecule has 0 unspecified atom stereocenters. The molecule has 0 saturated carbocycles. The first-order chi connectivity index (χ1) is 17.2. The summed E-state index contributed by atoms with van der Waals surface area (Å²) in [6, 6.07) is 18.9. The summed E-state index contributed by atoms with van der Waals surface area (Å²) < 4.78 is 38.7. The highest BCUT2D eigenvalue weighted by Gasteiger charge is 2.28. The van der Waals surface area contributed by atoms with E-state index < -0.39 is 15.9 Å². The molecule has 36 heavy (non-hydrogen) atoms. The summed E-state index contributed by atoms with van der Waals surface area (Å²) in [6.45, 7) is 2.08. The number of nitrogens with zero attached hydrogens (tertiary/aromatic N) is 1. The third kappa shape index (κ3) is 7.32. The number of nitrogens with one attached hydrogen (secondary N) is 1. The van der Waals surface area contributed by atoms with Crippen LogP contribution in [0, 0.1) is 6.92 Å². The van der Waals surface area contributed by atoms with Crippen molar-refractivity contribution in [2.45, 2.75) is 17.6 Å². The van der Waals surface area contributed by atoms with E-state index in [1.165, 1.54) is 43.5 Å². The van der Waals surface area contributed by atoms with Crippen LogP contribution in [0.1, 0.15) is 11.1 Å². The maximum atomic E-state index is 13.6. The fourth-order valence-electron chi connectivity index (χ4n) is 3.35. The van der Waals surface area contributed by atoms with E-state index in [9.17, 15) is 13.2 Å². The van der Waals surface area contributed by atoms with Crippen LogP contribution in [-0.4, -0.2) is 47.4 Å². The van der Waals surface area contributed by atoms with Gasteiger partial charge in [0.25, 0.3) is 10.0 Å². The summed E-state index contributed by atoms with van der Waals surface area (Å²) in [5.41, 5.74) is 2.74. The van der Waals surface area contributed by atoms with E-state index in [-0.39, 0.29) is 17.2 Å². The molecule has 3 aromatic rings. The SMILES string of the molecule is COc1ccc(S(=O)(=O)N(CC(=O)NCCSCc2ccc(C)cc2)c2ccc(Cl)cc2)cc1OC. The molecule has 0 saturated heterocycles. The molecular formula is C26H29ClN2O5S2. The van der Waals surface area contributed by atoms with Gasteiger partial charge < -0.3 is 14.8 Å². The van der Waals surface area contributed by atoms with Crippen molar-refractivity contribution in [2.75, 3.05) is 37.4 Å². The van der Waals surface area contributed by atoms with E-state index in [1.54, 1.807) is 36.0 Å². The number of sulfonamides is 1. The minimum Gasteiger partial charge on any atom is -0.493 e. The van der Waals surface area contributed by atoms with Gasteiger partial charge in [0.15, 0.2) is 11.5 Å². The van der Waals surface area contributed by atoms with Crippen molar-refractivity contribution in [1.82, 2.24) is 5.32 Å². The van der Waals surface area contributed by atoms with Gasteiger partial charge in [-0.2, -0.15) is 11.8 Å². The van der Waals surface area contributed by atoms with Crippen molar-refractivity contribution in [3.8, 4) is 11.5 Å². The first-order valence-electron chi connectivity index (χ1n) is 11.1. The van der Waals surface area contributed by atoms with E-state index in [0.29, 0.717) is 28.8 Å². The topological polar surface area (TPSA) is 84.9 Å². The van der Waals surface area contributed by atoms with Crippen molar-refractivity contribution < 1.29 is 22.7 Å². The quantitative estimate of drug-likeness (QED) is 0.324. The van der Waals surface area contributed by atoms with Crippen LogP contribution in [0.5, 0.6) is 11.5 Å². The van der Waals surface area contributed by atoms with E-state index >= 15 is 0 Å². The van der Waals surface area contributed by atoms with Crippen LogP contribution in [0.3, 0.4) is 0 Å². The molecule has 0 aromatic heterocycles. The Morgan fingerprint density at radius 2 is 1.64 bits per heavy atom. The van der Waals surface area contributed by atoms with Gasteiger partial charge in [0.05, 0.1) is 24.8 Å². The maximum Gasteiger partial charge on any atom is 0.264 e. The van der Waals surface area contributed by atoms with Crippen molar-refractivity contribution >= 4 is 45.0 Å². The first kappa shape index (κ1) is 27.7. The molecule has 0 radical (unpaired) electrons. The summed E-state index contributed by atoms with van der Waals surface area (Å²) in [4.78, 5) is 12.7. The van der Waals surface area contributed by atoms with Crippen molar-refractivity contribution in [1.29, 1.82) is 0 Å². The summed E-state index contributed by atoms with van der Waals surface area (Å²) >= 11 is 7.69. The number of rotatable bonds is 12. The minimum atomic E-state index is -4.11. The second-order valence-corrected chi connectivity index (χ2v) is 11.3. The lowest BCUT2D eigenvalue weighted by molar-refractivity contribution is -0.119. The third-order valence-corrected chi connectivity index (χ3v) is 8.35. The fraction of sp³-hybridized carbons (Fsp3) is 0.269. The molecule has 192 valence electrons. The van der Waals surface area contributed by atoms with Gasteiger partial charge in [-0.1, -0.05) is 41.4 Å². The number of methoxy groups -OCH3 is 2. The number of hydrogen-bond acceptors (Lipinski definition) is 6. The lowest BCUT2D eigenvalue weighted by Crippen LogP contribution is -2.41. The van der Waals surface area contributed by atoms with Crippen molar-refractivity contribution in [2.24, 2.45) is 0 Å². The number of halogens is 1. The Kier molecular flexibility index (Phi) is 9.92. The van der Waals surface area contributed by atoms with Gasteiger partial charge in [0, 0.05) is 29.1 Å². The highest BCUT2D eigenvalue weighted by atomic mass is 35.5. The van der Waals surface area contributed by atoms with Gasteiger partial charge in [-0.25, -0.2) is 8.42 Å². The zero-order chi connectivity index (χ0) is 26.1. The Bertz CT molecular complexity index is 1270. The molecule has 10 heteroatoms. The Labute approximate surface area is 221 Å². The van der Waals surface area contributed by atoms with Crippen LogP contribution in [0.2, 0.25) is 5.02 Å². The summed E-state index contributed by atoms with van der Waals surface area (Å²) in [5.74, 6) is 1.79. The Hall–Kier alpha value is -2.88. The Morgan fingerprint density at radius 3 is 2.28 bits per heavy atom. The number of anilines is 1. The van der Waals surface area contributed by atoms with Crippen LogP contribution in [-0.2, 0) is 20.6 Å². The van der Waals surface area contributed by atoms with Gasteiger partial charge in [0.1, 0.15) is 6.54 Å². The smallest absolute Gasteiger partial charge is 0.264 e. The van der Waals surface area contributed by atoms with E-state index in [4.69, 9.17) is 21.1 Å². The molecule has 1 N–H and O–H groups in total. The molecular weight excluding hydrogens is 520 g/mol. The third-order valence-electron chi connectivity index (χ3n) is 5.30. The lowest BCUT2D eigenvalue weighted by Gasteiger charge is -2.24. The molecule has 0 spiro atoms. The van der Waals surface area contributed by atoms with Crippen LogP contribution in [0.15, 0.2) is 71.6 Å². The molecule has 0 aliphatic rings. The summed E-state index contributed by atoms with van der Waals surface area (Å²) in [6.07, 6.45) is 0. The molecule has 0 atom stereocenters. The number of carbonyl (C=O) groups is 1. The average molecular weight is 549 g/mol. The maximum absolute atomic E-state index is 13.6. The molecule has 3 aromatic carbocycles. The number of ether oxygens (including phenoxy) is 2. The Morgan fingerprint density at radius 1 is 0.972 bits per heavy atom. The lowest BCUT2D eigenvalue weighted by atomic mass is 10.2. The summed E-state index contributed by atoms with van der Waals surface area (Å²) in [7, 11) is -1.21. The van der Waals surface area contributed by atoms with Crippen LogP contribution in [0.25, 0.3) is 0 Å². The summed E-state index contributed by atoms with van der Waals surface area (Å²) in [5, 5.41) is 3.27. The molecule has 7 nitrogen and oxygen atoms in total. The molecule has 0 fully saturated rings. The second-order valence-electron chi connectivity index (χ2n) is 7.89. The van der Waals surface area contributed by atoms with Crippen LogP contribution in [0.4, 0.5) is 5.69 Å². The fourth-order valence-corrected chi connectivity index (χ4v) is 5.73. The van der Waals surface area contributed by atoms with Crippen LogP contribution >= 0.6 is 23.4 Å². The molecule has 1 amide bonds. The second kappa shape index (κ2) is 12.9. The first-order valence-corrected chi connectivity index (χ1v) is 14.1. The number of hydrogen-bond donors (Lipinski definition) is 1. The van der Waals surface area contributed by atoms with Gasteiger partial charge in [-0.05, 0) is 48.9 Å². The van der Waals surface area contributed by atoms with Crippen molar-refractivity contribution in [3.05, 3.63) is 82.9 Å². The predicted octanol–water partition coefficient (Wildman–Crippen LogP) is 4.91. The minimum absolute atomic E-state index is 0.0310. The van der Waals surface area contributed by atoms with Gasteiger partial charge in [-0.15, -0.1) is 0 Å². The highest BCUT2D eigenvalue weighted by Crippen LogP contribution is 2.32. The average Bonchev–Trinajstić information content (AvgIpc) is 2.88. The van der Waals surface area contributed by atoms with Crippen LogP contribution < -0.4 is 19.1 Å². The highest BCUT2D eigenvalue weighted by molar-refractivity contribution is 7.98. The number of thioether (sulfide) groups is 1. The number of aryl methyl sites for hydroxylation is 1. The number of amides is 1. The molecule has 3 rings (SSSR count). The molecule has 0 heterocycles. The molecule has 0 aliphatic carbocycles. The van der Waals surface area contributed by atoms with E-state index in [1.807, 2.05) is 6.92 Å². The molecule has 0 aliphatic heterocycles. The monoisotopic (exact) mass is 548 g/mol. The number of benzene rings is 3.